The van der Waals surface area contributed by atoms with Crippen LogP contribution in [0.25, 0.3) is 10.9 Å². The van der Waals surface area contributed by atoms with Crippen molar-refractivity contribution in [2.45, 2.75) is 17.3 Å². The van der Waals surface area contributed by atoms with Crippen LogP contribution in [0.4, 0.5) is 5.82 Å². The largest absolute Gasteiger partial charge is 0.496 e. The number of carboxylic acid groups (broad SMARTS) is 1. The summed E-state index contributed by atoms with van der Waals surface area (Å²) in [5, 5.41) is 17.4. The van der Waals surface area contributed by atoms with E-state index in [-0.39, 0.29) is 23.6 Å². The van der Waals surface area contributed by atoms with Crippen molar-refractivity contribution in [2.75, 3.05) is 11.8 Å². The number of thiophene rings is 1. The predicted octanol–water partition coefficient (Wildman–Crippen LogP) is 6.16. The molecule has 1 unspecified atom stereocenters. The zero-order valence-electron chi connectivity index (χ0n) is 21.6. The molecule has 13 heteroatoms. The fourth-order valence-corrected chi connectivity index (χ4v) is 7.71. The van der Waals surface area contributed by atoms with Gasteiger partial charge in [-0.05, 0) is 61.6 Å². The Hall–Kier alpha value is -3.89. The Labute approximate surface area is 247 Å². The van der Waals surface area contributed by atoms with Crippen molar-refractivity contribution in [3.05, 3.63) is 105 Å². The van der Waals surface area contributed by atoms with E-state index in [1.807, 2.05) is 42.5 Å². The molecule has 0 saturated heterocycles. The maximum Gasteiger partial charge on any atom is 0.335 e. The normalized spacial score (nSPS) is 12.5. The van der Waals surface area contributed by atoms with Crippen molar-refractivity contribution in [2.24, 2.45) is 0 Å². The molecule has 210 valence electrons. The number of fused-ring (bicyclic) bond motifs is 1. The van der Waals surface area contributed by atoms with E-state index in [1.54, 1.807) is 30.0 Å². The third-order valence-electron chi connectivity index (χ3n) is 6.18. The molecule has 2 aromatic heterocycles. The number of nitrogens with one attached hydrogen (secondary N) is 2. The van der Waals surface area contributed by atoms with Crippen molar-refractivity contribution in [1.82, 2.24) is 15.1 Å². The number of nitrogens with zero attached hydrogens (tertiary/aromatic N) is 2. The van der Waals surface area contributed by atoms with Gasteiger partial charge in [-0.3, -0.25) is 14.2 Å². The first kappa shape index (κ1) is 28.6. The second kappa shape index (κ2) is 11.9. The van der Waals surface area contributed by atoms with E-state index < -0.39 is 15.3 Å². The zero-order valence-corrected chi connectivity index (χ0v) is 25.0. The van der Waals surface area contributed by atoms with Crippen LogP contribution in [-0.4, -0.2) is 38.1 Å². The number of hydrogen-bond acceptors (Lipinski definition) is 6. The lowest BCUT2D eigenvalue weighted by Crippen LogP contribution is -2.23. The van der Waals surface area contributed by atoms with E-state index in [0.29, 0.717) is 32.0 Å². The van der Waals surface area contributed by atoms with Gasteiger partial charge in [0.05, 0.1) is 34.5 Å². The van der Waals surface area contributed by atoms with Crippen LogP contribution < -0.4 is 14.8 Å². The van der Waals surface area contributed by atoms with Crippen molar-refractivity contribution >= 4 is 68.8 Å². The van der Waals surface area contributed by atoms with Crippen LogP contribution in [0.5, 0.6) is 5.75 Å². The van der Waals surface area contributed by atoms with E-state index in [1.165, 1.54) is 29.5 Å². The van der Waals surface area contributed by atoms with Gasteiger partial charge in [0.2, 0.25) is 0 Å². The lowest BCUT2D eigenvalue weighted by atomic mass is 10.1. The summed E-state index contributed by atoms with van der Waals surface area (Å²) in [4.78, 5) is 23.9. The molecule has 3 N–H and O–H groups in total. The Kier molecular flexibility index (Phi) is 8.32. The first-order chi connectivity index (χ1) is 19.6. The Morgan fingerprint density at radius 3 is 2.51 bits per heavy atom. The molecular weight excluding hydrogens is 603 g/mol. The highest BCUT2D eigenvalue weighted by molar-refractivity contribution is 8.22. The van der Waals surface area contributed by atoms with E-state index in [0.717, 1.165) is 16.6 Å². The summed E-state index contributed by atoms with van der Waals surface area (Å²) >= 11 is 7.27. The van der Waals surface area contributed by atoms with Gasteiger partial charge >= 0.3 is 5.97 Å². The van der Waals surface area contributed by atoms with E-state index in [9.17, 15) is 18.9 Å². The summed E-state index contributed by atoms with van der Waals surface area (Å²) in [5.41, 5.74) is 2.87. The minimum Gasteiger partial charge on any atom is -0.496 e. The topological polar surface area (TPSA) is 123 Å². The third kappa shape index (κ3) is 6.39. The molecule has 1 amide bonds. The quantitative estimate of drug-likeness (QED) is 0.160. The highest BCUT2D eigenvalue weighted by atomic mass is 35.5. The Morgan fingerprint density at radius 2 is 1.78 bits per heavy atom. The molecule has 0 radical (unpaired) electrons. The summed E-state index contributed by atoms with van der Waals surface area (Å²) in [7, 11) is 2.07. The smallest absolute Gasteiger partial charge is 0.335 e. The van der Waals surface area contributed by atoms with Crippen LogP contribution in [0.3, 0.4) is 0 Å². The maximum atomic E-state index is 13.5. The molecule has 0 saturated carbocycles. The van der Waals surface area contributed by atoms with Gasteiger partial charge in [-0.2, -0.15) is 5.10 Å². The van der Waals surface area contributed by atoms with E-state index in [4.69, 9.17) is 21.4 Å². The number of rotatable bonds is 10. The average Bonchev–Trinajstić information content (AvgIpc) is 3.55. The molecule has 0 fully saturated rings. The fraction of sp³-hybridized carbons (Fsp3) is 0.107. The number of amides is 1. The van der Waals surface area contributed by atoms with Crippen molar-refractivity contribution < 1.29 is 23.6 Å². The standard InChI is InChI=1S/C28H24ClN4O5PS2/c1-38-22-10-4-9-21-25(22)26(32-41(37,39)24-12-11-23(29)40-24)31-33(21)16-18-6-2-5-17(13-18)15-30-27(34)19-7-3-8-20(14-19)28(35)36/h2-14,39H,15-16H2,1H3,(H,30,34)(H,35,36)(H,31,32,37). The molecule has 41 heavy (non-hydrogen) atoms. The van der Waals surface area contributed by atoms with Gasteiger partial charge in [0.15, 0.2) is 5.82 Å². The molecule has 3 aromatic carbocycles. The molecule has 5 aromatic rings. The Bertz CT molecular complexity index is 1890. The first-order valence-corrected chi connectivity index (χ1v) is 16.2. The molecule has 5 rings (SSSR count). The fourth-order valence-electron chi connectivity index (χ4n) is 4.29. The summed E-state index contributed by atoms with van der Waals surface area (Å²) < 4.78 is 25.0. The molecule has 0 aliphatic rings. The van der Waals surface area contributed by atoms with Crippen LogP contribution >= 0.6 is 31.0 Å². The van der Waals surface area contributed by atoms with Gasteiger partial charge in [-0.15, -0.1) is 11.3 Å². The Morgan fingerprint density at radius 1 is 1.05 bits per heavy atom. The number of benzene rings is 3. The zero-order chi connectivity index (χ0) is 29.1. The second-order valence-electron chi connectivity index (χ2n) is 8.97. The molecule has 0 aliphatic heterocycles. The number of methoxy groups -OCH3 is 1. The molecule has 2 heterocycles. The van der Waals surface area contributed by atoms with Crippen LogP contribution in [-0.2, 0) is 22.4 Å². The van der Waals surface area contributed by atoms with Crippen LogP contribution in [0.15, 0.2) is 83.1 Å². The number of carbonyl (C=O) groups is 2. The average molecular weight is 627 g/mol. The summed E-state index contributed by atoms with van der Waals surface area (Å²) in [6.07, 6.45) is 0. The van der Waals surface area contributed by atoms with E-state index in [2.05, 4.69) is 18.1 Å². The maximum absolute atomic E-state index is 13.5. The minimum absolute atomic E-state index is 0.0476. The SMILES string of the molecule is COc1cccc2c1c(NS(=O)(=P)c1ccc(Cl)s1)nn2Cc1cccc(CNC(=O)c2cccc(C(=O)O)c2)c1. The predicted molar refractivity (Wildman–Crippen MR) is 164 cm³/mol. The minimum atomic E-state index is -2.89. The van der Waals surface area contributed by atoms with Gasteiger partial charge in [-0.1, -0.05) is 48.0 Å². The van der Waals surface area contributed by atoms with Gasteiger partial charge in [-0.25, -0.2) is 9.00 Å². The molecule has 9 nitrogen and oxygen atoms in total. The highest BCUT2D eigenvalue weighted by Crippen LogP contribution is 2.36. The summed E-state index contributed by atoms with van der Waals surface area (Å²) in [6.45, 7) is 0.640. The molecule has 1 atom stereocenters. The molecular formula is C28H24ClN4O5PS2. The van der Waals surface area contributed by atoms with E-state index >= 15 is 0 Å². The van der Waals surface area contributed by atoms with Gasteiger partial charge < -0.3 is 15.2 Å². The number of carboxylic acids is 1. The number of carbonyl (C=O) groups excluding carboxylic acids is 1. The van der Waals surface area contributed by atoms with Crippen molar-refractivity contribution in [3.8, 4) is 5.75 Å². The monoisotopic (exact) mass is 626 g/mol. The second-order valence-corrected chi connectivity index (χ2v) is 14.4. The first-order valence-electron chi connectivity index (χ1n) is 12.2. The Balaban J connectivity index is 1.38. The number of ether oxygens (including phenoxy) is 1. The van der Waals surface area contributed by atoms with Crippen LogP contribution in [0.1, 0.15) is 31.8 Å². The van der Waals surface area contributed by atoms with Crippen molar-refractivity contribution in [1.29, 1.82) is 0 Å². The van der Waals surface area contributed by atoms with Crippen LogP contribution in [0.2, 0.25) is 4.34 Å². The van der Waals surface area contributed by atoms with Gasteiger partial charge in [0.1, 0.15) is 19.3 Å². The number of aromatic nitrogens is 2. The summed E-state index contributed by atoms with van der Waals surface area (Å²) in [6, 6.07) is 22.5. The highest BCUT2D eigenvalue weighted by Gasteiger charge is 2.20. The third-order valence-corrected chi connectivity index (χ3v) is 10.8. The van der Waals surface area contributed by atoms with Gasteiger partial charge in [0.25, 0.3) is 5.91 Å². The summed E-state index contributed by atoms with van der Waals surface area (Å²) in [5.74, 6) is -0.506. The molecule has 0 spiro atoms. The number of hydrogen-bond donors (Lipinski definition) is 3. The van der Waals surface area contributed by atoms with Crippen LogP contribution in [0, 0.1) is 0 Å². The van der Waals surface area contributed by atoms with Crippen molar-refractivity contribution in [3.63, 3.8) is 0 Å². The lowest BCUT2D eigenvalue weighted by Gasteiger charge is -2.09. The molecule has 0 bridgehead atoms. The lowest BCUT2D eigenvalue weighted by molar-refractivity contribution is 0.0697. The van der Waals surface area contributed by atoms with Gasteiger partial charge in [0, 0.05) is 12.1 Å². The number of anilines is 1. The number of halogens is 1. The molecule has 0 aliphatic carbocycles. The number of aromatic carboxylic acids is 1.